The molecule has 0 radical (unpaired) electrons. The van der Waals surface area contributed by atoms with Crippen LogP contribution in [0.15, 0.2) is 30.9 Å². The number of aromatic nitrogens is 5. The van der Waals surface area contributed by atoms with Gasteiger partial charge in [-0.15, -0.1) is 0 Å². The zero-order chi connectivity index (χ0) is 17.9. The summed E-state index contributed by atoms with van der Waals surface area (Å²) < 4.78 is 7.76. The van der Waals surface area contributed by atoms with Gasteiger partial charge in [0.2, 0.25) is 0 Å². The molecule has 3 aromatic rings. The molecule has 1 saturated heterocycles. The maximum atomic E-state index is 5.83. The summed E-state index contributed by atoms with van der Waals surface area (Å²) in [4.78, 5) is 15.5. The molecule has 1 aliphatic heterocycles. The molecule has 4 rings (SSSR count). The summed E-state index contributed by atoms with van der Waals surface area (Å²) in [5.74, 6) is 0.422. The fourth-order valence-corrected chi connectivity index (χ4v) is 3.62. The van der Waals surface area contributed by atoms with E-state index in [2.05, 4.69) is 33.0 Å². The van der Waals surface area contributed by atoms with Crippen LogP contribution in [0.1, 0.15) is 22.6 Å². The molecule has 1 aliphatic rings. The highest BCUT2D eigenvalue weighted by molar-refractivity contribution is 5.47. The number of fused-ring (bicyclic) bond motifs is 1. The Balaban J connectivity index is 1.50. The first-order valence-corrected chi connectivity index (χ1v) is 9.05. The van der Waals surface area contributed by atoms with E-state index < -0.39 is 0 Å². The first-order valence-electron chi connectivity index (χ1n) is 9.05. The zero-order valence-electron chi connectivity index (χ0n) is 15.3. The monoisotopic (exact) mass is 352 g/mol. The summed E-state index contributed by atoms with van der Waals surface area (Å²) in [6, 6.07) is 4.04. The van der Waals surface area contributed by atoms with Gasteiger partial charge in [-0.1, -0.05) is 0 Å². The molecule has 0 N–H and O–H groups in total. The molecule has 0 amide bonds. The molecule has 26 heavy (non-hydrogen) atoms. The lowest BCUT2D eigenvalue weighted by Crippen LogP contribution is -2.30. The van der Waals surface area contributed by atoms with Gasteiger partial charge in [0, 0.05) is 54.4 Å². The third kappa shape index (κ3) is 3.73. The van der Waals surface area contributed by atoms with Gasteiger partial charge in [0.15, 0.2) is 5.65 Å². The molecule has 1 atom stereocenters. The predicted molar refractivity (Wildman–Crippen MR) is 97.8 cm³/mol. The average molecular weight is 352 g/mol. The normalized spacial score (nSPS) is 18.9. The highest BCUT2D eigenvalue weighted by Gasteiger charge is 2.21. The van der Waals surface area contributed by atoms with E-state index in [1.54, 1.807) is 12.5 Å². The predicted octanol–water partition coefficient (Wildman–Crippen LogP) is 1.83. The molecule has 7 heteroatoms. The Morgan fingerprint density at radius 1 is 1.31 bits per heavy atom. The van der Waals surface area contributed by atoms with Gasteiger partial charge in [-0.25, -0.2) is 19.5 Å². The van der Waals surface area contributed by atoms with Gasteiger partial charge in [0.25, 0.3) is 0 Å². The van der Waals surface area contributed by atoms with Gasteiger partial charge in [-0.2, -0.15) is 5.10 Å². The first-order chi connectivity index (χ1) is 12.7. The molecule has 0 saturated carbocycles. The fraction of sp³-hybridized carbons (Fsp3) is 0.474. The van der Waals surface area contributed by atoms with Crippen molar-refractivity contribution in [1.29, 1.82) is 0 Å². The number of ether oxygens (including phenoxy) is 1. The highest BCUT2D eigenvalue weighted by Crippen LogP contribution is 2.18. The number of aryl methyl sites for hydroxylation is 2. The smallest absolute Gasteiger partial charge is 0.159 e. The summed E-state index contributed by atoms with van der Waals surface area (Å²) in [5, 5.41) is 4.51. The SMILES string of the molecule is Cc1cc(C)n2ncc(CN3CCOC[C@@H](Cc4ccncn4)C3)c2n1. The molecule has 0 unspecified atom stereocenters. The standard InChI is InChI=1S/C19H24N6O/c1-14-7-15(2)25-19(23-14)17(9-22-25)11-24-5-6-26-12-16(10-24)8-18-3-4-20-13-21-18/h3-4,7,9,13,16H,5-6,8,10-12H2,1-2H3/t16-/m0/s1. The summed E-state index contributed by atoms with van der Waals surface area (Å²) in [5.41, 5.74) is 5.33. The number of hydrogen-bond acceptors (Lipinski definition) is 6. The Morgan fingerprint density at radius 2 is 2.23 bits per heavy atom. The van der Waals surface area contributed by atoms with Crippen LogP contribution in [0.3, 0.4) is 0 Å². The molecule has 7 nitrogen and oxygen atoms in total. The Labute approximate surface area is 153 Å². The molecule has 0 bridgehead atoms. The van der Waals surface area contributed by atoms with Crippen molar-refractivity contribution in [1.82, 2.24) is 29.5 Å². The lowest BCUT2D eigenvalue weighted by atomic mass is 10.0. The third-order valence-electron chi connectivity index (χ3n) is 4.81. The summed E-state index contributed by atoms with van der Waals surface area (Å²) in [6.45, 7) is 8.35. The van der Waals surface area contributed by atoms with E-state index >= 15 is 0 Å². The van der Waals surface area contributed by atoms with Gasteiger partial charge in [0.1, 0.15) is 6.33 Å². The van der Waals surface area contributed by atoms with Crippen molar-refractivity contribution >= 4 is 5.65 Å². The molecule has 0 spiro atoms. The van der Waals surface area contributed by atoms with Crippen LogP contribution in [0, 0.1) is 19.8 Å². The van der Waals surface area contributed by atoms with Crippen LogP contribution in [-0.4, -0.2) is 55.8 Å². The molecule has 4 heterocycles. The van der Waals surface area contributed by atoms with Gasteiger partial charge in [-0.3, -0.25) is 4.90 Å². The van der Waals surface area contributed by atoms with Crippen molar-refractivity contribution in [3.63, 3.8) is 0 Å². The van der Waals surface area contributed by atoms with E-state index in [9.17, 15) is 0 Å². The molecule has 3 aromatic heterocycles. The van der Waals surface area contributed by atoms with Crippen LogP contribution in [0.5, 0.6) is 0 Å². The minimum atomic E-state index is 0.422. The summed E-state index contributed by atoms with van der Waals surface area (Å²) in [7, 11) is 0. The summed E-state index contributed by atoms with van der Waals surface area (Å²) >= 11 is 0. The van der Waals surface area contributed by atoms with Crippen molar-refractivity contribution in [2.24, 2.45) is 5.92 Å². The third-order valence-corrected chi connectivity index (χ3v) is 4.81. The van der Waals surface area contributed by atoms with Gasteiger partial charge in [0.05, 0.1) is 19.4 Å². The Kier molecular flexibility index (Phi) is 4.90. The Hall–Kier alpha value is -2.38. The second-order valence-corrected chi connectivity index (χ2v) is 7.03. The second-order valence-electron chi connectivity index (χ2n) is 7.03. The number of nitrogens with zero attached hydrogens (tertiary/aromatic N) is 6. The van der Waals surface area contributed by atoms with Crippen LogP contribution in [-0.2, 0) is 17.7 Å². The minimum Gasteiger partial charge on any atom is -0.380 e. The molecule has 1 fully saturated rings. The number of rotatable bonds is 4. The van der Waals surface area contributed by atoms with Crippen LogP contribution >= 0.6 is 0 Å². The quantitative estimate of drug-likeness (QED) is 0.714. The lowest BCUT2D eigenvalue weighted by molar-refractivity contribution is 0.121. The van der Waals surface area contributed by atoms with Gasteiger partial charge < -0.3 is 4.74 Å². The van der Waals surface area contributed by atoms with E-state index in [-0.39, 0.29) is 0 Å². The molecular weight excluding hydrogens is 328 g/mol. The summed E-state index contributed by atoms with van der Waals surface area (Å²) in [6.07, 6.45) is 6.26. The highest BCUT2D eigenvalue weighted by atomic mass is 16.5. The van der Waals surface area contributed by atoms with Gasteiger partial charge in [-0.05, 0) is 32.4 Å². The number of hydrogen-bond donors (Lipinski definition) is 0. The molecular formula is C19H24N6O. The van der Waals surface area contributed by atoms with E-state index in [0.29, 0.717) is 5.92 Å². The zero-order valence-corrected chi connectivity index (χ0v) is 15.3. The van der Waals surface area contributed by atoms with Crippen LogP contribution in [0.25, 0.3) is 5.65 Å². The topological polar surface area (TPSA) is 68.4 Å². The van der Waals surface area contributed by atoms with Crippen LogP contribution in [0.4, 0.5) is 0 Å². The van der Waals surface area contributed by atoms with E-state index in [4.69, 9.17) is 9.72 Å². The second kappa shape index (κ2) is 7.47. The van der Waals surface area contributed by atoms with Gasteiger partial charge >= 0.3 is 0 Å². The average Bonchev–Trinajstić information content (AvgIpc) is 2.88. The van der Waals surface area contributed by atoms with E-state index in [1.165, 1.54) is 5.56 Å². The van der Waals surface area contributed by atoms with Crippen molar-refractivity contribution in [3.8, 4) is 0 Å². The van der Waals surface area contributed by atoms with Crippen LogP contribution < -0.4 is 0 Å². The molecule has 136 valence electrons. The molecule has 0 aromatic carbocycles. The van der Waals surface area contributed by atoms with E-state index in [1.807, 2.05) is 23.7 Å². The van der Waals surface area contributed by atoms with E-state index in [0.717, 1.165) is 62.0 Å². The maximum Gasteiger partial charge on any atom is 0.159 e. The largest absolute Gasteiger partial charge is 0.380 e. The Morgan fingerprint density at radius 3 is 3.08 bits per heavy atom. The van der Waals surface area contributed by atoms with Crippen molar-refractivity contribution in [2.75, 3.05) is 26.3 Å². The van der Waals surface area contributed by atoms with Crippen molar-refractivity contribution in [3.05, 3.63) is 53.5 Å². The minimum absolute atomic E-state index is 0.422. The Bertz CT molecular complexity index is 878. The fourth-order valence-electron chi connectivity index (χ4n) is 3.62. The van der Waals surface area contributed by atoms with Crippen LogP contribution in [0.2, 0.25) is 0 Å². The molecule has 0 aliphatic carbocycles. The van der Waals surface area contributed by atoms with Crippen molar-refractivity contribution < 1.29 is 4.74 Å². The lowest BCUT2D eigenvalue weighted by Gasteiger charge is -2.22. The first kappa shape index (κ1) is 17.1. The van der Waals surface area contributed by atoms with Crippen molar-refractivity contribution in [2.45, 2.75) is 26.8 Å². The maximum absolute atomic E-state index is 5.83.